The molecule has 3 nitrogen and oxygen atoms in total. The standard InChI is InChI=1S/C13H26N2O/c1-5-8-14-13(16)10-15-12(7-3)9-11(4)6-2/h5,11-12,15H,1,6-10H2,2-4H3,(H,14,16). The van der Waals surface area contributed by atoms with Crippen molar-refractivity contribution >= 4 is 5.91 Å². The largest absolute Gasteiger partial charge is 0.352 e. The quantitative estimate of drug-likeness (QED) is 0.591. The molecule has 0 rings (SSSR count). The lowest BCUT2D eigenvalue weighted by molar-refractivity contribution is -0.120. The molecule has 0 aromatic carbocycles. The molecule has 0 bridgehead atoms. The predicted molar refractivity (Wildman–Crippen MR) is 69.4 cm³/mol. The summed E-state index contributed by atoms with van der Waals surface area (Å²) in [5.41, 5.74) is 0. The minimum atomic E-state index is 0.0440. The van der Waals surface area contributed by atoms with E-state index in [-0.39, 0.29) is 5.91 Å². The lowest BCUT2D eigenvalue weighted by atomic mass is 9.98. The van der Waals surface area contributed by atoms with E-state index in [0.717, 1.165) is 12.8 Å². The van der Waals surface area contributed by atoms with E-state index in [1.54, 1.807) is 6.08 Å². The number of carbonyl (C=O) groups excluding carboxylic acids is 1. The molecule has 0 aromatic rings. The van der Waals surface area contributed by atoms with Crippen LogP contribution in [0.4, 0.5) is 0 Å². The Morgan fingerprint density at radius 2 is 2.06 bits per heavy atom. The minimum absolute atomic E-state index is 0.0440. The van der Waals surface area contributed by atoms with Gasteiger partial charge in [0.1, 0.15) is 0 Å². The summed E-state index contributed by atoms with van der Waals surface area (Å²) in [6.45, 7) is 11.1. The Bertz CT molecular complexity index is 204. The van der Waals surface area contributed by atoms with Crippen LogP contribution >= 0.6 is 0 Å². The molecule has 0 aliphatic heterocycles. The van der Waals surface area contributed by atoms with Crippen molar-refractivity contribution in [1.29, 1.82) is 0 Å². The highest BCUT2D eigenvalue weighted by Gasteiger charge is 2.11. The molecular formula is C13H26N2O. The van der Waals surface area contributed by atoms with Crippen molar-refractivity contribution in [3.8, 4) is 0 Å². The average molecular weight is 226 g/mol. The third kappa shape index (κ3) is 7.46. The molecule has 0 saturated carbocycles. The highest BCUT2D eigenvalue weighted by molar-refractivity contribution is 5.78. The average Bonchev–Trinajstić information content (AvgIpc) is 2.31. The SMILES string of the molecule is C=CCNC(=O)CNC(CC)CC(C)CC. The summed E-state index contributed by atoms with van der Waals surface area (Å²) in [6.07, 6.45) is 5.09. The number of amides is 1. The van der Waals surface area contributed by atoms with Crippen molar-refractivity contribution in [2.24, 2.45) is 5.92 Å². The van der Waals surface area contributed by atoms with Gasteiger partial charge in [-0.2, -0.15) is 0 Å². The fraction of sp³-hybridized carbons (Fsp3) is 0.769. The van der Waals surface area contributed by atoms with Gasteiger partial charge in [0.15, 0.2) is 0 Å². The van der Waals surface area contributed by atoms with Crippen LogP contribution in [0.2, 0.25) is 0 Å². The summed E-state index contributed by atoms with van der Waals surface area (Å²) in [7, 11) is 0. The molecule has 0 radical (unpaired) electrons. The van der Waals surface area contributed by atoms with Crippen molar-refractivity contribution in [3.63, 3.8) is 0 Å². The first-order valence-electron chi connectivity index (χ1n) is 6.24. The van der Waals surface area contributed by atoms with Gasteiger partial charge in [-0.3, -0.25) is 4.79 Å². The van der Waals surface area contributed by atoms with Crippen LogP contribution in [0, 0.1) is 5.92 Å². The van der Waals surface area contributed by atoms with Crippen LogP contribution in [0.5, 0.6) is 0 Å². The van der Waals surface area contributed by atoms with Crippen molar-refractivity contribution < 1.29 is 4.79 Å². The van der Waals surface area contributed by atoms with Crippen LogP contribution in [0.3, 0.4) is 0 Å². The summed E-state index contributed by atoms with van der Waals surface area (Å²) in [4.78, 5) is 11.4. The summed E-state index contributed by atoms with van der Waals surface area (Å²) >= 11 is 0. The molecule has 0 fully saturated rings. The molecule has 2 unspecified atom stereocenters. The molecule has 0 aliphatic carbocycles. The number of rotatable bonds is 9. The summed E-state index contributed by atoms with van der Waals surface area (Å²) in [5, 5.41) is 6.06. The van der Waals surface area contributed by atoms with Crippen molar-refractivity contribution in [1.82, 2.24) is 10.6 Å². The Hall–Kier alpha value is -0.830. The number of carbonyl (C=O) groups is 1. The van der Waals surface area contributed by atoms with Gasteiger partial charge in [0.2, 0.25) is 5.91 Å². The predicted octanol–water partition coefficient (Wildman–Crippen LogP) is 2.09. The second-order valence-corrected chi connectivity index (χ2v) is 4.33. The van der Waals surface area contributed by atoms with E-state index in [0.29, 0.717) is 25.0 Å². The molecule has 2 N–H and O–H groups in total. The number of nitrogens with one attached hydrogen (secondary N) is 2. The zero-order chi connectivity index (χ0) is 12.4. The third-order valence-electron chi connectivity index (χ3n) is 2.87. The van der Waals surface area contributed by atoms with Crippen LogP contribution in [-0.2, 0) is 4.79 Å². The Balaban J connectivity index is 3.77. The maximum absolute atomic E-state index is 11.4. The van der Waals surface area contributed by atoms with Gasteiger partial charge >= 0.3 is 0 Å². The van der Waals surface area contributed by atoms with E-state index in [9.17, 15) is 4.79 Å². The fourth-order valence-corrected chi connectivity index (χ4v) is 1.53. The second kappa shape index (κ2) is 9.40. The normalized spacial score (nSPS) is 14.2. The third-order valence-corrected chi connectivity index (χ3v) is 2.87. The number of hydrogen-bond acceptors (Lipinski definition) is 2. The van der Waals surface area contributed by atoms with Crippen molar-refractivity contribution in [2.75, 3.05) is 13.1 Å². The molecule has 16 heavy (non-hydrogen) atoms. The highest BCUT2D eigenvalue weighted by atomic mass is 16.1. The van der Waals surface area contributed by atoms with Crippen LogP contribution < -0.4 is 10.6 Å². The summed E-state index contributed by atoms with van der Waals surface area (Å²) in [5.74, 6) is 0.760. The fourth-order valence-electron chi connectivity index (χ4n) is 1.53. The molecule has 3 heteroatoms. The smallest absolute Gasteiger partial charge is 0.234 e. The van der Waals surface area contributed by atoms with Gasteiger partial charge in [0.25, 0.3) is 0 Å². The topological polar surface area (TPSA) is 41.1 Å². The zero-order valence-corrected chi connectivity index (χ0v) is 10.9. The van der Waals surface area contributed by atoms with Crippen LogP contribution in [0.1, 0.15) is 40.0 Å². The van der Waals surface area contributed by atoms with E-state index in [2.05, 4.69) is 38.0 Å². The Morgan fingerprint density at radius 1 is 1.38 bits per heavy atom. The van der Waals surface area contributed by atoms with Gasteiger partial charge in [0.05, 0.1) is 6.54 Å². The van der Waals surface area contributed by atoms with E-state index in [4.69, 9.17) is 0 Å². The maximum atomic E-state index is 11.4. The van der Waals surface area contributed by atoms with Crippen molar-refractivity contribution in [2.45, 2.75) is 46.1 Å². The second-order valence-electron chi connectivity index (χ2n) is 4.33. The van der Waals surface area contributed by atoms with E-state index in [1.807, 2.05) is 0 Å². The summed E-state index contributed by atoms with van der Waals surface area (Å²) < 4.78 is 0. The van der Waals surface area contributed by atoms with E-state index < -0.39 is 0 Å². The Morgan fingerprint density at radius 3 is 2.56 bits per heavy atom. The molecule has 2 atom stereocenters. The van der Waals surface area contributed by atoms with Gasteiger partial charge in [0, 0.05) is 12.6 Å². The molecule has 0 aliphatic rings. The summed E-state index contributed by atoms with van der Waals surface area (Å²) in [6, 6.07) is 0.449. The molecule has 0 heterocycles. The van der Waals surface area contributed by atoms with Crippen LogP contribution in [0.25, 0.3) is 0 Å². The molecule has 1 amide bonds. The van der Waals surface area contributed by atoms with Gasteiger partial charge in [-0.05, 0) is 18.8 Å². The Labute approximate surface area is 99.7 Å². The lowest BCUT2D eigenvalue weighted by Gasteiger charge is -2.20. The zero-order valence-electron chi connectivity index (χ0n) is 10.9. The number of hydrogen-bond donors (Lipinski definition) is 2. The molecule has 0 aromatic heterocycles. The van der Waals surface area contributed by atoms with Gasteiger partial charge in [-0.25, -0.2) is 0 Å². The first-order chi connectivity index (χ1) is 7.63. The monoisotopic (exact) mass is 226 g/mol. The van der Waals surface area contributed by atoms with Gasteiger partial charge < -0.3 is 10.6 Å². The first-order valence-corrected chi connectivity index (χ1v) is 6.24. The van der Waals surface area contributed by atoms with E-state index >= 15 is 0 Å². The highest BCUT2D eigenvalue weighted by Crippen LogP contribution is 2.11. The lowest BCUT2D eigenvalue weighted by Crippen LogP contribution is -2.39. The van der Waals surface area contributed by atoms with Crippen LogP contribution in [-0.4, -0.2) is 25.0 Å². The molecule has 94 valence electrons. The van der Waals surface area contributed by atoms with Crippen LogP contribution in [0.15, 0.2) is 12.7 Å². The van der Waals surface area contributed by atoms with Crippen molar-refractivity contribution in [3.05, 3.63) is 12.7 Å². The minimum Gasteiger partial charge on any atom is -0.352 e. The molecule has 0 saturated heterocycles. The molecular weight excluding hydrogens is 200 g/mol. The maximum Gasteiger partial charge on any atom is 0.234 e. The first kappa shape index (κ1) is 15.2. The van der Waals surface area contributed by atoms with Gasteiger partial charge in [-0.1, -0.05) is 33.3 Å². The molecule has 0 spiro atoms. The Kier molecular flexibility index (Phi) is 8.91. The van der Waals surface area contributed by atoms with Gasteiger partial charge in [-0.15, -0.1) is 6.58 Å². The van der Waals surface area contributed by atoms with E-state index in [1.165, 1.54) is 6.42 Å².